The van der Waals surface area contributed by atoms with Gasteiger partial charge in [-0.15, -0.1) is 0 Å². The van der Waals surface area contributed by atoms with Gasteiger partial charge in [0.1, 0.15) is 5.15 Å². The molecule has 1 saturated carbocycles. The molecule has 1 aliphatic rings. The summed E-state index contributed by atoms with van der Waals surface area (Å²) >= 11 is 5.75. The number of nitrogen functional groups attached to an aromatic ring is 1. The van der Waals surface area contributed by atoms with Gasteiger partial charge in [0.05, 0.1) is 23.6 Å². The highest BCUT2D eigenvalue weighted by molar-refractivity contribution is 6.29. The van der Waals surface area contributed by atoms with E-state index in [0.29, 0.717) is 17.8 Å². The number of nitrogens with two attached hydrogens (primary N) is 1. The van der Waals surface area contributed by atoms with Crippen LogP contribution in [0.1, 0.15) is 36.0 Å². The van der Waals surface area contributed by atoms with Crippen LogP contribution in [0, 0.1) is 5.92 Å². The first-order valence-electron chi connectivity index (χ1n) is 6.45. The van der Waals surface area contributed by atoms with Crippen molar-refractivity contribution in [1.29, 1.82) is 0 Å². The van der Waals surface area contributed by atoms with E-state index in [9.17, 15) is 9.90 Å². The molecule has 6 heteroatoms. The number of aliphatic hydroxyl groups excluding tert-OH is 1. The maximum Gasteiger partial charge on any atom is 0.253 e. The molecule has 2 atom stereocenters. The molecule has 1 aromatic heterocycles. The zero-order chi connectivity index (χ0) is 13.8. The Labute approximate surface area is 117 Å². The minimum atomic E-state index is -0.326. The topological polar surface area (TPSA) is 88.2 Å². The third-order valence-electron chi connectivity index (χ3n) is 3.54. The number of rotatable bonds is 3. The highest BCUT2D eigenvalue weighted by atomic mass is 35.5. The lowest BCUT2D eigenvalue weighted by atomic mass is 9.86. The van der Waals surface area contributed by atoms with Crippen LogP contribution in [0.5, 0.6) is 0 Å². The summed E-state index contributed by atoms with van der Waals surface area (Å²) in [6.45, 7) is 0.458. The SMILES string of the molecule is Nc1cnc(Cl)cc1C(=O)NCC1CCCCC1O. The number of halogens is 1. The monoisotopic (exact) mass is 283 g/mol. The molecule has 1 aromatic rings. The molecule has 0 aliphatic heterocycles. The molecule has 0 spiro atoms. The summed E-state index contributed by atoms with van der Waals surface area (Å²) in [6, 6.07) is 1.45. The Hall–Kier alpha value is -1.33. The average molecular weight is 284 g/mol. The van der Waals surface area contributed by atoms with Crippen LogP contribution in [0.2, 0.25) is 5.15 Å². The highest BCUT2D eigenvalue weighted by Crippen LogP contribution is 2.24. The Kier molecular flexibility index (Phi) is 4.61. The molecule has 0 aromatic carbocycles. The Morgan fingerprint density at radius 1 is 1.53 bits per heavy atom. The van der Waals surface area contributed by atoms with Crippen molar-refractivity contribution in [2.24, 2.45) is 5.92 Å². The molecule has 1 fully saturated rings. The standard InChI is InChI=1S/C13H18ClN3O2/c14-12-5-9(10(15)7-16-12)13(19)17-6-8-3-1-2-4-11(8)18/h5,7-8,11,18H,1-4,6,15H2,(H,17,19). The minimum Gasteiger partial charge on any atom is -0.397 e. The third kappa shape index (κ3) is 3.58. The lowest BCUT2D eigenvalue weighted by molar-refractivity contribution is 0.0663. The van der Waals surface area contributed by atoms with Crippen molar-refractivity contribution >= 4 is 23.2 Å². The molecule has 1 amide bonds. The molecule has 5 nitrogen and oxygen atoms in total. The van der Waals surface area contributed by atoms with Gasteiger partial charge in [0.25, 0.3) is 5.91 Å². The summed E-state index contributed by atoms with van der Waals surface area (Å²) in [6.07, 6.45) is 4.94. The smallest absolute Gasteiger partial charge is 0.253 e. The molecular formula is C13H18ClN3O2. The van der Waals surface area contributed by atoms with E-state index in [1.807, 2.05) is 0 Å². The average Bonchev–Trinajstić information content (AvgIpc) is 2.40. The van der Waals surface area contributed by atoms with Gasteiger partial charge in [0.2, 0.25) is 0 Å². The fourth-order valence-electron chi connectivity index (χ4n) is 2.38. The van der Waals surface area contributed by atoms with Crippen LogP contribution in [0.3, 0.4) is 0 Å². The number of nitrogens with one attached hydrogen (secondary N) is 1. The predicted octanol–water partition coefficient (Wildman–Crippen LogP) is 1.60. The highest BCUT2D eigenvalue weighted by Gasteiger charge is 2.23. The summed E-state index contributed by atoms with van der Waals surface area (Å²) in [5.74, 6) is -0.157. The zero-order valence-corrected chi connectivity index (χ0v) is 11.4. The first-order valence-corrected chi connectivity index (χ1v) is 6.83. The van der Waals surface area contributed by atoms with Gasteiger partial charge in [-0.2, -0.15) is 0 Å². The number of carbonyl (C=O) groups excluding carboxylic acids is 1. The van der Waals surface area contributed by atoms with Gasteiger partial charge in [-0.25, -0.2) is 4.98 Å². The Morgan fingerprint density at radius 3 is 3.00 bits per heavy atom. The molecular weight excluding hydrogens is 266 g/mol. The largest absolute Gasteiger partial charge is 0.397 e. The number of amides is 1. The van der Waals surface area contributed by atoms with E-state index in [0.717, 1.165) is 25.7 Å². The van der Waals surface area contributed by atoms with Crippen molar-refractivity contribution in [3.63, 3.8) is 0 Å². The molecule has 0 radical (unpaired) electrons. The van der Waals surface area contributed by atoms with Crippen LogP contribution >= 0.6 is 11.6 Å². The Balaban J connectivity index is 1.95. The molecule has 104 valence electrons. The number of carbonyl (C=O) groups is 1. The second kappa shape index (κ2) is 6.21. The van der Waals surface area contributed by atoms with E-state index in [1.54, 1.807) is 0 Å². The normalized spacial score (nSPS) is 23.1. The van der Waals surface area contributed by atoms with Crippen LogP contribution in [0.15, 0.2) is 12.3 Å². The number of hydrogen-bond acceptors (Lipinski definition) is 4. The summed E-state index contributed by atoms with van der Waals surface area (Å²) in [4.78, 5) is 15.8. The van der Waals surface area contributed by atoms with Crippen molar-refractivity contribution in [3.05, 3.63) is 23.0 Å². The fourth-order valence-corrected chi connectivity index (χ4v) is 2.54. The predicted molar refractivity (Wildman–Crippen MR) is 74.0 cm³/mol. The van der Waals surface area contributed by atoms with Crippen molar-refractivity contribution in [1.82, 2.24) is 10.3 Å². The van der Waals surface area contributed by atoms with E-state index in [4.69, 9.17) is 17.3 Å². The van der Waals surface area contributed by atoms with E-state index < -0.39 is 0 Å². The van der Waals surface area contributed by atoms with Gasteiger partial charge in [-0.3, -0.25) is 4.79 Å². The molecule has 2 unspecified atom stereocenters. The van der Waals surface area contributed by atoms with Crippen LogP contribution in [0.4, 0.5) is 5.69 Å². The van der Waals surface area contributed by atoms with E-state index >= 15 is 0 Å². The second-order valence-corrected chi connectivity index (χ2v) is 5.30. The number of aliphatic hydroxyl groups is 1. The molecule has 1 heterocycles. The van der Waals surface area contributed by atoms with Crippen molar-refractivity contribution in [2.75, 3.05) is 12.3 Å². The van der Waals surface area contributed by atoms with Gasteiger partial charge < -0.3 is 16.2 Å². The summed E-state index contributed by atoms with van der Waals surface area (Å²) in [5.41, 5.74) is 6.32. The minimum absolute atomic E-state index is 0.122. The Bertz CT molecular complexity index is 467. The van der Waals surface area contributed by atoms with Crippen LogP contribution in [-0.2, 0) is 0 Å². The first kappa shape index (κ1) is 14.1. The number of pyridine rings is 1. The molecule has 4 N–H and O–H groups in total. The van der Waals surface area contributed by atoms with Crippen molar-refractivity contribution in [3.8, 4) is 0 Å². The van der Waals surface area contributed by atoms with Crippen molar-refractivity contribution in [2.45, 2.75) is 31.8 Å². The Morgan fingerprint density at radius 2 is 2.26 bits per heavy atom. The van der Waals surface area contributed by atoms with E-state index in [-0.39, 0.29) is 23.1 Å². The third-order valence-corrected chi connectivity index (χ3v) is 3.75. The number of nitrogens with zero attached hydrogens (tertiary/aromatic N) is 1. The maximum absolute atomic E-state index is 12.0. The number of hydrogen-bond donors (Lipinski definition) is 3. The van der Waals surface area contributed by atoms with Crippen LogP contribution < -0.4 is 11.1 Å². The first-order chi connectivity index (χ1) is 9.08. The lowest BCUT2D eigenvalue weighted by Gasteiger charge is -2.27. The van der Waals surface area contributed by atoms with Gasteiger partial charge >= 0.3 is 0 Å². The van der Waals surface area contributed by atoms with E-state index in [2.05, 4.69) is 10.3 Å². The molecule has 2 rings (SSSR count). The van der Waals surface area contributed by atoms with Gasteiger partial charge in [0.15, 0.2) is 0 Å². The summed E-state index contributed by atoms with van der Waals surface area (Å²) in [7, 11) is 0. The maximum atomic E-state index is 12.0. The molecule has 0 bridgehead atoms. The number of aromatic nitrogens is 1. The summed E-state index contributed by atoms with van der Waals surface area (Å²) in [5, 5.41) is 12.9. The number of anilines is 1. The zero-order valence-electron chi connectivity index (χ0n) is 10.6. The van der Waals surface area contributed by atoms with Gasteiger partial charge in [0, 0.05) is 12.5 Å². The molecule has 0 saturated heterocycles. The molecule has 19 heavy (non-hydrogen) atoms. The quantitative estimate of drug-likeness (QED) is 0.735. The molecule has 1 aliphatic carbocycles. The van der Waals surface area contributed by atoms with Crippen LogP contribution in [-0.4, -0.2) is 28.6 Å². The fraction of sp³-hybridized carbons (Fsp3) is 0.538. The summed E-state index contributed by atoms with van der Waals surface area (Å²) < 4.78 is 0. The second-order valence-electron chi connectivity index (χ2n) is 4.92. The van der Waals surface area contributed by atoms with Gasteiger partial charge in [-0.05, 0) is 18.9 Å². The van der Waals surface area contributed by atoms with Crippen LogP contribution in [0.25, 0.3) is 0 Å². The van der Waals surface area contributed by atoms with E-state index in [1.165, 1.54) is 12.3 Å². The van der Waals surface area contributed by atoms with Crippen molar-refractivity contribution < 1.29 is 9.90 Å². The lowest BCUT2D eigenvalue weighted by Crippen LogP contribution is -2.36. The van der Waals surface area contributed by atoms with Gasteiger partial charge in [-0.1, -0.05) is 24.4 Å².